The van der Waals surface area contributed by atoms with Gasteiger partial charge in [0.2, 0.25) is 0 Å². The zero-order valence-electron chi connectivity index (χ0n) is 11.9. The van der Waals surface area contributed by atoms with Crippen LogP contribution in [0, 0.1) is 0 Å². The molecule has 0 N–H and O–H groups in total. The first-order valence-corrected chi connectivity index (χ1v) is 7.51. The highest BCUT2D eigenvalue weighted by Gasteiger charge is 2.12. The fraction of sp³-hybridized carbons (Fsp3) is 0.400. The molecule has 0 aliphatic rings. The third-order valence-electron chi connectivity index (χ3n) is 3.75. The summed E-state index contributed by atoms with van der Waals surface area (Å²) in [6.45, 7) is 2.27. The summed E-state index contributed by atoms with van der Waals surface area (Å²) in [5.41, 5.74) is 2.90. The first kappa shape index (κ1) is 16.5. The van der Waals surface area contributed by atoms with Gasteiger partial charge in [0.05, 0.1) is 0 Å². The van der Waals surface area contributed by atoms with Gasteiger partial charge in [-0.2, -0.15) is 0 Å². The summed E-state index contributed by atoms with van der Waals surface area (Å²) in [5.74, 6) is 0.555. The van der Waals surface area contributed by atoms with Gasteiger partial charge in [-0.15, -0.1) is 0 Å². The maximum atomic E-state index is 2.27. The van der Waals surface area contributed by atoms with Gasteiger partial charge in [-0.25, -0.2) is 0 Å². The predicted octanol–water partition coefficient (Wildman–Crippen LogP) is 6.43. The van der Waals surface area contributed by atoms with Gasteiger partial charge in [0.15, 0.2) is 0 Å². The molecule has 0 atom stereocenters. The first-order chi connectivity index (χ1) is 9.42. The lowest BCUT2D eigenvalue weighted by atomic mass is 9.87. The molecule has 0 spiro atoms. The first-order valence-electron chi connectivity index (χ1n) is 7.51. The lowest BCUT2D eigenvalue weighted by Crippen LogP contribution is -2.01. The molecule has 0 aromatic heterocycles. The van der Waals surface area contributed by atoms with Crippen molar-refractivity contribution in [2.24, 2.45) is 0 Å². The maximum Gasteiger partial charge on any atom is 0.00893 e. The van der Waals surface area contributed by atoms with Gasteiger partial charge < -0.3 is 0 Å². The number of rotatable bonds is 7. The molecule has 0 heterocycles. The Bertz CT molecular complexity index is 404. The average Bonchev–Trinajstić information content (AvgIpc) is 2.49. The van der Waals surface area contributed by atoms with Crippen LogP contribution in [0.25, 0.3) is 0 Å². The van der Waals surface area contributed by atoms with E-state index in [2.05, 4.69) is 67.6 Å². The summed E-state index contributed by atoms with van der Waals surface area (Å²) in [4.78, 5) is 0. The van der Waals surface area contributed by atoms with Crippen molar-refractivity contribution in [2.75, 3.05) is 0 Å². The molecule has 0 nitrogen and oxygen atoms in total. The van der Waals surface area contributed by atoms with Crippen molar-refractivity contribution < 1.29 is 0 Å². The molecule has 0 unspecified atom stereocenters. The maximum absolute atomic E-state index is 2.27. The van der Waals surface area contributed by atoms with E-state index in [-0.39, 0.29) is 7.43 Å². The van der Waals surface area contributed by atoms with Gasteiger partial charge >= 0.3 is 0 Å². The Morgan fingerprint density at radius 3 is 1.65 bits per heavy atom. The smallest absolute Gasteiger partial charge is 0.00893 e. The molecule has 0 aliphatic carbocycles. The van der Waals surface area contributed by atoms with E-state index in [0.29, 0.717) is 5.92 Å². The average molecular weight is 268 g/mol. The van der Waals surface area contributed by atoms with Crippen LogP contribution in [0.5, 0.6) is 0 Å². The minimum Gasteiger partial charge on any atom is -0.0776 e. The van der Waals surface area contributed by atoms with Crippen molar-refractivity contribution >= 4 is 0 Å². The van der Waals surface area contributed by atoms with Gasteiger partial charge in [-0.1, -0.05) is 101 Å². The molecule has 20 heavy (non-hydrogen) atoms. The van der Waals surface area contributed by atoms with Crippen LogP contribution in [0.1, 0.15) is 63.5 Å². The van der Waals surface area contributed by atoms with Gasteiger partial charge in [0.25, 0.3) is 0 Å². The highest BCUT2D eigenvalue weighted by Crippen LogP contribution is 2.29. The molecule has 2 aromatic rings. The summed E-state index contributed by atoms with van der Waals surface area (Å²) in [6, 6.07) is 21.8. The van der Waals surface area contributed by atoms with Crippen molar-refractivity contribution in [1.82, 2.24) is 0 Å². The summed E-state index contributed by atoms with van der Waals surface area (Å²) in [6.07, 6.45) is 6.60. The molecule has 0 saturated heterocycles. The van der Waals surface area contributed by atoms with Gasteiger partial charge in [0, 0.05) is 5.92 Å². The van der Waals surface area contributed by atoms with E-state index in [1.54, 1.807) is 0 Å². The molecule has 0 heteroatoms. The second kappa shape index (κ2) is 9.36. The predicted molar refractivity (Wildman–Crippen MR) is 90.2 cm³/mol. The van der Waals surface area contributed by atoms with Gasteiger partial charge in [0.1, 0.15) is 0 Å². The zero-order valence-corrected chi connectivity index (χ0v) is 11.9. The third-order valence-corrected chi connectivity index (χ3v) is 3.75. The van der Waals surface area contributed by atoms with Crippen molar-refractivity contribution in [3.8, 4) is 0 Å². The van der Waals surface area contributed by atoms with E-state index in [1.165, 1.54) is 43.2 Å². The standard InChI is InChI=1S/C19H24.CH4/c1-2-3-4-11-16-19(17-12-7-5-8-13-17)18-14-9-6-10-15-18;/h5-10,12-15,19H,2-4,11,16H2,1H3;1H4. The quantitative estimate of drug-likeness (QED) is 0.508. The Morgan fingerprint density at radius 2 is 1.20 bits per heavy atom. The number of hydrogen-bond donors (Lipinski definition) is 0. The largest absolute Gasteiger partial charge is 0.0776 e. The number of hydrogen-bond acceptors (Lipinski definition) is 0. The summed E-state index contributed by atoms with van der Waals surface area (Å²) < 4.78 is 0. The van der Waals surface area contributed by atoms with E-state index in [9.17, 15) is 0 Å². The van der Waals surface area contributed by atoms with Crippen LogP contribution in [0.4, 0.5) is 0 Å². The highest BCUT2D eigenvalue weighted by molar-refractivity contribution is 5.32. The monoisotopic (exact) mass is 268 g/mol. The second-order valence-corrected chi connectivity index (χ2v) is 5.22. The summed E-state index contributed by atoms with van der Waals surface area (Å²) >= 11 is 0. The van der Waals surface area contributed by atoms with Crippen LogP contribution < -0.4 is 0 Å². The molecule has 0 radical (unpaired) electrons. The van der Waals surface area contributed by atoms with Crippen molar-refractivity contribution in [1.29, 1.82) is 0 Å². The van der Waals surface area contributed by atoms with Crippen LogP contribution in [0.15, 0.2) is 60.7 Å². The third kappa shape index (κ3) is 4.85. The Kier molecular flexibility index (Phi) is 7.72. The molecule has 108 valence electrons. The SMILES string of the molecule is C.CCCCCCC(c1ccccc1)c1ccccc1. The molecular weight excluding hydrogens is 240 g/mol. The summed E-state index contributed by atoms with van der Waals surface area (Å²) in [7, 11) is 0. The fourth-order valence-corrected chi connectivity index (χ4v) is 2.67. The molecule has 0 bridgehead atoms. The topological polar surface area (TPSA) is 0 Å². The Hall–Kier alpha value is -1.56. The Morgan fingerprint density at radius 1 is 0.700 bits per heavy atom. The van der Waals surface area contributed by atoms with E-state index >= 15 is 0 Å². The van der Waals surface area contributed by atoms with E-state index in [0.717, 1.165) is 0 Å². The van der Waals surface area contributed by atoms with Crippen LogP contribution in [0.3, 0.4) is 0 Å². The Balaban J connectivity index is 0.00000200. The van der Waals surface area contributed by atoms with Gasteiger partial charge in [-0.05, 0) is 17.5 Å². The number of benzene rings is 2. The van der Waals surface area contributed by atoms with Crippen LogP contribution in [0.2, 0.25) is 0 Å². The Labute approximate surface area is 124 Å². The summed E-state index contributed by atoms with van der Waals surface area (Å²) in [5, 5.41) is 0. The molecule has 2 aromatic carbocycles. The molecule has 0 fully saturated rings. The lowest BCUT2D eigenvalue weighted by molar-refractivity contribution is 0.596. The van der Waals surface area contributed by atoms with Crippen molar-refractivity contribution in [3.63, 3.8) is 0 Å². The van der Waals surface area contributed by atoms with E-state index in [4.69, 9.17) is 0 Å². The molecule has 2 rings (SSSR count). The molecule has 0 amide bonds. The molecule has 0 saturated carbocycles. The van der Waals surface area contributed by atoms with Gasteiger partial charge in [-0.3, -0.25) is 0 Å². The highest BCUT2D eigenvalue weighted by atomic mass is 14.2. The van der Waals surface area contributed by atoms with E-state index < -0.39 is 0 Å². The van der Waals surface area contributed by atoms with Crippen LogP contribution in [-0.2, 0) is 0 Å². The molecule has 0 aliphatic heterocycles. The lowest BCUT2D eigenvalue weighted by Gasteiger charge is -2.18. The minimum atomic E-state index is 0. The van der Waals surface area contributed by atoms with Crippen molar-refractivity contribution in [2.45, 2.75) is 52.4 Å². The van der Waals surface area contributed by atoms with Crippen molar-refractivity contribution in [3.05, 3.63) is 71.8 Å². The van der Waals surface area contributed by atoms with E-state index in [1.807, 2.05) is 0 Å². The normalized spacial score (nSPS) is 10.3. The second-order valence-electron chi connectivity index (χ2n) is 5.22. The van der Waals surface area contributed by atoms with Crippen LogP contribution in [-0.4, -0.2) is 0 Å². The number of unbranched alkanes of at least 4 members (excludes halogenated alkanes) is 3. The zero-order chi connectivity index (χ0) is 13.3. The van der Waals surface area contributed by atoms with Crippen LogP contribution >= 0.6 is 0 Å². The fourth-order valence-electron chi connectivity index (χ4n) is 2.67. The molecular formula is C20H28. The minimum absolute atomic E-state index is 0.